The highest BCUT2D eigenvalue weighted by atomic mass is 19.1. The van der Waals surface area contributed by atoms with Crippen LogP contribution in [0.4, 0.5) is 4.39 Å². The largest absolute Gasteiger partial charge is 0.458 e. The number of nitrogens with zero attached hydrogens (tertiary/aromatic N) is 5. The van der Waals surface area contributed by atoms with E-state index in [1.165, 1.54) is 18.6 Å². The van der Waals surface area contributed by atoms with E-state index >= 15 is 0 Å². The van der Waals surface area contributed by atoms with Gasteiger partial charge in [-0.15, -0.1) is 0 Å². The smallest absolute Gasteiger partial charge is 0.316 e. The molecule has 1 aliphatic rings. The predicted molar refractivity (Wildman–Crippen MR) is 73.6 cm³/mol. The second-order valence-corrected chi connectivity index (χ2v) is 4.91. The van der Waals surface area contributed by atoms with E-state index in [1.54, 1.807) is 4.90 Å². The molecule has 114 valence electrons. The van der Waals surface area contributed by atoms with E-state index in [-0.39, 0.29) is 18.0 Å². The van der Waals surface area contributed by atoms with Gasteiger partial charge in [0.2, 0.25) is 0 Å². The number of amides is 1. The Bertz CT molecular complexity index is 637. The number of rotatable bonds is 3. The maximum atomic E-state index is 12.8. The number of hydrogen-bond acceptors (Lipinski definition) is 6. The first-order chi connectivity index (χ1) is 10.7. The number of carbonyl (C=O) groups is 1. The molecule has 0 aliphatic carbocycles. The molecule has 3 heterocycles. The van der Waals surface area contributed by atoms with Crippen molar-refractivity contribution in [1.82, 2.24) is 24.8 Å². The molecule has 0 saturated carbocycles. The molecule has 1 unspecified atom stereocenters. The van der Waals surface area contributed by atoms with Crippen LogP contribution in [0.3, 0.4) is 0 Å². The van der Waals surface area contributed by atoms with Crippen LogP contribution in [0.2, 0.25) is 0 Å². The highest BCUT2D eigenvalue weighted by Gasteiger charge is 2.26. The van der Waals surface area contributed by atoms with Gasteiger partial charge in [0.05, 0.1) is 25.1 Å². The Kier molecular flexibility index (Phi) is 4.17. The van der Waals surface area contributed by atoms with E-state index in [0.717, 1.165) is 25.2 Å². The van der Waals surface area contributed by atoms with Gasteiger partial charge in [-0.3, -0.25) is 9.78 Å². The van der Waals surface area contributed by atoms with Gasteiger partial charge in [0, 0.05) is 18.9 Å². The Morgan fingerprint density at radius 2 is 2.05 bits per heavy atom. The molecular formula is C14H14FN5O2. The van der Waals surface area contributed by atoms with Gasteiger partial charge in [-0.1, -0.05) is 0 Å². The lowest BCUT2D eigenvalue weighted by Crippen LogP contribution is -2.44. The molecule has 1 atom stereocenters. The molecule has 1 aliphatic heterocycles. The maximum absolute atomic E-state index is 12.8. The zero-order valence-corrected chi connectivity index (χ0v) is 11.7. The summed E-state index contributed by atoms with van der Waals surface area (Å²) in [5.74, 6) is -0.697. The maximum Gasteiger partial charge on any atom is 0.316 e. The lowest BCUT2D eigenvalue weighted by molar-refractivity contribution is 0.0510. The second kappa shape index (κ2) is 6.42. The first-order valence-electron chi connectivity index (χ1n) is 6.92. The molecule has 3 rings (SSSR count). The summed E-state index contributed by atoms with van der Waals surface area (Å²) in [4.78, 5) is 29.4. The van der Waals surface area contributed by atoms with Crippen LogP contribution in [-0.2, 0) is 0 Å². The number of halogens is 1. The lowest BCUT2D eigenvalue weighted by atomic mass is 10.1. The molecule has 1 amide bonds. The van der Waals surface area contributed by atoms with E-state index in [0.29, 0.717) is 18.8 Å². The summed E-state index contributed by atoms with van der Waals surface area (Å²) in [7, 11) is 0. The fraction of sp³-hybridized carbons (Fsp3) is 0.357. The molecule has 2 aromatic rings. The van der Waals surface area contributed by atoms with Crippen molar-refractivity contribution in [1.29, 1.82) is 0 Å². The average molecular weight is 303 g/mol. The number of piperidine rings is 1. The number of aromatic nitrogens is 4. The number of carbonyl (C=O) groups excluding carboxylic acids is 1. The van der Waals surface area contributed by atoms with E-state index in [2.05, 4.69) is 19.9 Å². The van der Waals surface area contributed by atoms with Crippen LogP contribution in [-0.4, -0.2) is 49.9 Å². The Hall–Kier alpha value is -2.64. The van der Waals surface area contributed by atoms with E-state index in [1.807, 2.05) is 0 Å². The van der Waals surface area contributed by atoms with Crippen LogP contribution in [0, 0.1) is 5.82 Å². The molecule has 1 saturated heterocycles. The number of hydrogen-bond donors (Lipinski definition) is 0. The molecule has 2 aromatic heterocycles. The summed E-state index contributed by atoms with van der Waals surface area (Å²) < 4.78 is 18.4. The second-order valence-electron chi connectivity index (χ2n) is 4.91. The highest BCUT2D eigenvalue weighted by Crippen LogP contribution is 2.16. The van der Waals surface area contributed by atoms with E-state index < -0.39 is 5.82 Å². The van der Waals surface area contributed by atoms with Crippen LogP contribution in [0.1, 0.15) is 23.3 Å². The van der Waals surface area contributed by atoms with Crippen molar-refractivity contribution in [3.8, 4) is 6.01 Å². The standard InChI is InChI=1S/C14H14FN5O2/c15-10-6-18-14(19-7-10)22-11-2-1-5-20(9-11)13(21)12-8-16-3-4-17-12/h3-4,6-8,11H,1-2,5,9H2. The van der Waals surface area contributed by atoms with Gasteiger partial charge in [0.1, 0.15) is 11.8 Å². The van der Waals surface area contributed by atoms with E-state index in [9.17, 15) is 9.18 Å². The molecule has 1 fully saturated rings. The van der Waals surface area contributed by atoms with Crippen LogP contribution in [0.15, 0.2) is 31.0 Å². The van der Waals surface area contributed by atoms with Crippen molar-refractivity contribution >= 4 is 5.91 Å². The third-order valence-electron chi connectivity index (χ3n) is 3.32. The third kappa shape index (κ3) is 3.33. The van der Waals surface area contributed by atoms with Crippen molar-refractivity contribution in [2.75, 3.05) is 13.1 Å². The molecular weight excluding hydrogens is 289 g/mol. The van der Waals surface area contributed by atoms with Gasteiger partial charge in [0.15, 0.2) is 5.82 Å². The molecule has 0 radical (unpaired) electrons. The van der Waals surface area contributed by atoms with Gasteiger partial charge >= 0.3 is 6.01 Å². The van der Waals surface area contributed by atoms with Crippen molar-refractivity contribution in [3.05, 3.63) is 42.5 Å². The Morgan fingerprint density at radius 1 is 1.23 bits per heavy atom. The fourth-order valence-corrected chi connectivity index (χ4v) is 2.30. The van der Waals surface area contributed by atoms with Gasteiger partial charge < -0.3 is 9.64 Å². The first-order valence-corrected chi connectivity index (χ1v) is 6.92. The minimum Gasteiger partial charge on any atom is -0.458 e. The van der Waals surface area contributed by atoms with Crippen LogP contribution < -0.4 is 4.74 Å². The van der Waals surface area contributed by atoms with Crippen molar-refractivity contribution in [2.45, 2.75) is 18.9 Å². The molecule has 8 heteroatoms. The molecule has 0 spiro atoms. The number of ether oxygens (including phenoxy) is 1. The van der Waals surface area contributed by atoms with Crippen molar-refractivity contribution in [3.63, 3.8) is 0 Å². The minimum absolute atomic E-state index is 0.111. The summed E-state index contributed by atoms with van der Waals surface area (Å²) in [6.07, 6.45) is 7.90. The normalized spacial score (nSPS) is 18.0. The Balaban J connectivity index is 1.64. The summed E-state index contributed by atoms with van der Waals surface area (Å²) in [5, 5.41) is 0. The monoisotopic (exact) mass is 303 g/mol. The van der Waals surface area contributed by atoms with Gasteiger partial charge in [-0.05, 0) is 12.8 Å². The van der Waals surface area contributed by atoms with Gasteiger partial charge in [0.25, 0.3) is 5.91 Å². The zero-order valence-electron chi connectivity index (χ0n) is 11.7. The quantitative estimate of drug-likeness (QED) is 0.844. The SMILES string of the molecule is O=C(c1cnccn1)N1CCCC(Oc2ncc(F)cn2)C1. The zero-order chi connectivity index (χ0) is 15.4. The third-order valence-corrected chi connectivity index (χ3v) is 3.32. The summed E-state index contributed by atoms with van der Waals surface area (Å²) in [6.45, 7) is 1.05. The molecule has 0 N–H and O–H groups in total. The summed E-state index contributed by atoms with van der Waals surface area (Å²) in [6, 6.07) is 0.111. The van der Waals surface area contributed by atoms with Crippen molar-refractivity contribution in [2.24, 2.45) is 0 Å². The van der Waals surface area contributed by atoms with Crippen LogP contribution in [0.5, 0.6) is 6.01 Å². The molecule has 0 bridgehead atoms. The summed E-state index contributed by atoms with van der Waals surface area (Å²) >= 11 is 0. The van der Waals surface area contributed by atoms with Crippen LogP contribution in [0.25, 0.3) is 0 Å². The molecule has 7 nitrogen and oxygen atoms in total. The van der Waals surface area contributed by atoms with Crippen LogP contribution >= 0.6 is 0 Å². The molecule has 0 aromatic carbocycles. The summed E-state index contributed by atoms with van der Waals surface area (Å²) in [5.41, 5.74) is 0.307. The number of likely N-dealkylation sites (tertiary alicyclic amines) is 1. The Labute approximate surface area is 126 Å². The minimum atomic E-state index is -0.518. The van der Waals surface area contributed by atoms with E-state index in [4.69, 9.17) is 4.74 Å². The lowest BCUT2D eigenvalue weighted by Gasteiger charge is -2.32. The first kappa shape index (κ1) is 14.3. The van der Waals surface area contributed by atoms with Gasteiger partial charge in [-0.25, -0.2) is 19.3 Å². The Morgan fingerprint density at radius 3 is 2.77 bits per heavy atom. The highest BCUT2D eigenvalue weighted by molar-refractivity contribution is 5.92. The molecule has 22 heavy (non-hydrogen) atoms. The van der Waals surface area contributed by atoms with Crippen molar-refractivity contribution < 1.29 is 13.9 Å². The van der Waals surface area contributed by atoms with Gasteiger partial charge in [-0.2, -0.15) is 0 Å². The fourth-order valence-electron chi connectivity index (χ4n) is 2.30. The predicted octanol–water partition coefficient (Wildman–Crippen LogP) is 1.09. The average Bonchev–Trinajstić information content (AvgIpc) is 2.57. The topological polar surface area (TPSA) is 81.1 Å².